The van der Waals surface area contributed by atoms with Gasteiger partial charge in [0.15, 0.2) is 12.4 Å². The molecule has 3 N–H and O–H groups in total. The zero-order chi connectivity index (χ0) is 39.4. The van der Waals surface area contributed by atoms with Crippen LogP contribution < -0.4 is 9.47 Å². The summed E-state index contributed by atoms with van der Waals surface area (Å²) in [5.41, 5.74) is 5.45. The highest BCUT2D eigenvalue weighted by atomic mass is 16.7. The van der Waals surface area contributed by atoms with Crippen LogP contribution in [0.15, 0.2) is 110 Å². The van der Waals surface area contributed by atoms with Crippen LogP contribution >= 0.6 is 0 Å². The van der Waals surface area contributed by atoms with E-state index in [4.69, 9.17) is 19.3 Å². The van der Waals surface area contributed by atoms with E-state index >= 15 is 0 Å². The fourth-order valence-corrected chi connectivity index (χ4v) is 7.55. The smallest absolute Gasteiger partial charge is 0.196 e. The Morgan fingerprint density at radius 3 is 1.22 bits per heavy atom. The maximum absolute atomic E-state index is 9.35. The summed E-state index contributed by atoms with van der Waals surface area (Å²) >= 11 is 0. The number of hydrogen-bond acceptors (Lipinski definition) is 7. The van der Waals surface area contributed by atoms with Crippen LogP contribution in [0.3, 0.4) is 0 Å². The topological polar surface area (TPSA) is 97.6 Å². The van der Waals surface area contributed by atoms with Crippen molar-refractivity contribution in [3.63, 3.8) is 0 Å². The third kappa shape index (κ3) is 14.3. The third-order valence-electron chi connectivity index (χ3n) is 10.5. The monoisotopic (exact) mass is 748 g/mol. The molecule has 0 heterocycles. The van der Waals surface area contributed by atoms with Gasteiger partial charge in [-0.05, 0) is 179 Å². The average Bonchev–Trinajstić information content (AvgIpc) is 3.20. The van der Waals surface area contributed by atoms with Gasteiger partial charge in [0.05, 0.1) is 12.9 Å². The number of aliphatic hydroxyl groups excluding tert-OH is 1. The minimum Gasteiger partial charge on any atom is -0.508 e. The molecule has 0 spiro atoms. The Hall–Kier alpha value is -5.06. The lowest BCUT2D eigenvalue weighted by atomic mass is 9.76. The van der Waals surface area contributed by atoms with Crippen molar-refractivity contribution in [1.29, 1.82) is 0 Å². The molecule has 4 aromatic carbocycles. The normalized spacial score (nSPS) is 20.0. The van der Waals surface area contributed by atoms with Crippen LogP contribution in [0.4, 0.5) is 0 Å². The van der Waals surface area contributed by atoms with E-state index in [1.165, 1.54) is 79.9 Å². The van der Waals surface area contributed by atoms with Crippen LogP contribution in [0, 0.1) is 12.0 Å². The first-order chi connectivity index (χ1) is 26.7. The van der Waals surface area contributed by atoms with Crippen LogP contribution in [-0.4, -0.2) is 40.9 Å². The molecule has 2 fully saturated rings. The second-order valence-electron chi connectivity index (χ2n) is 14.2. The molecular formula is C48H60O7. The minimum atomic E-state index is -0.324. The Bertz CT molecular complexity index is 1650. The molecule has 6 rings (SSSR count). The molecule has 2 aliphatic carbocycles. The number of hydrogen-bond donors (Lipinski definition) is 3. The van der Waals surface area contributed by atoms with Crippen LogP contribution in [-0.2, 0) is 9.47 Å². The van der Waals surface area contributed by atoms with Gasteiger partial charge >= 0.3 is 0 Å². The van der Waals surface area contributed by atoms with Gasteiger partial charge in [0.1, 0.15) is 29.1 Å². The molecule has 0 bridgehead atoms. The van der Waals surface area contributed by atoms with E-state index in [9.17, 15) is 10.2 Å². The van der Waals surface area contributed by atoms with Crippen molar-refractivity contribution in [1.82, 2.24) is 0 Å². The quantitative estimate of drug-likeness (QED) is 0.0754. The van der Waals surface area contributed by atoms with Crippen molar-refractivity contribution in [3.05, 3.63) is 132 Å². The highest BCUT2D eigenvalue weighted by Crippen LogP contribution is 2.42. The second-order valence-corrected chi connectivity index (χ2v) is 14.2. The van der Waals surface area contributed by atoms with Gasteiger partial charge in [-0.1, -0.05) is 55.1 Å². The van der Waals surface area contributed by atoms with Crippen LogP contribution in [0.25, 0.3) is 0 Å². The van der Waals surface area contributed by atoms with Gasteiger partial charge in [0.2, 0.25) is 0 Å². The Kier molecular flexibility index (Phi) is 17.8. The highest BCUT2D eigenvalue weighted by Gasteiger charge is 2.25. The SMILES string of the molecule is C=COCC.CCOC(C)Oc1ccc(C2CCC(c3ccc(OC(C)C#CO)cc3)CC2)cc1.Oc1ccc(C2CCC(c3ccc(O)cc3)CC2)cc1. The van der Waals surface area contributed by atoms with Crippen molar-refractivity contribution < 1.29 is 34.3 Å². The van der Waals surface area contributed by atoms with E-state index < -0.39 is 0 Å². The summed E-state index contributed by atoms with van der Waals surface area (Å²) < 4.78 is 21.5. The minimum absolute atomic E-state index is 0.223. The van der Waals surface area contributed by atoms with Crippen LogP contribution in [0.2, 0.25) is 0 Å². The van der Waals surface area contributed by atoms with E-state index in [1.807, 2.05) is 70.2 Å². The Morgan fingerprint density at radius 1 is 0.582 bits per heavy atom. The molecule has 0 aromatic heterocycles. The Labute approximate surface area is 329 Å². The molecule has 0 amide bonds. The van der Waals surface area contributed by atoms with Gasteiger partial charge in [-0.3, -0.25) is 0 Å². The zero-order valence-electron chi connectivity index (χ0n) is 33.0. The van der Waals surface area contributed by atoms with Gasteiger partial charge < -0.3 is 34.3 Å². The summed E-state index contributed by atoms with van der Waals surface area (Å²) in [6, 6.07) is 32.1. The second kappa shape index (κ2) is 23.0. The number of benzene rings is 4. The van der Waals surface area contributed by atoms with Gasteiger partial charge in [0, 0.05) is 6.61 Å². The van der Waals surface area contributed by atoms with Crippen molar-refractivity contribution in [3.8, 4) is 35.0 Å². The van der Waals surface area contributed by atoms with E-state index in [2.05, 4.69) is 53.6 Å². The zero-order valence-corrected chi connectivity index (χ0v) is 33.0. The predicted octanol–water partition coefficient (Wildman–Crippen LogP) is 11.7. The molecule has 4 aromatic rings. The van der Waals surface area contributed by atoms with E-state index in [-0.39, 0.29) is 12.4 Å². The van der Waals surface area contributed by atoms with Gasteiger partial charge in [-0.15, -0.1) is 0 Å². The molecule has 2 unspecified atom stereocenters. The third-order valence-corrected chi connectivity index (χ3v) is 10.5. The van der Waals surface area contributed by atoms with E-state index in [0.29, 0.717) is 41.8 Å². The molecule has 2 saturated carbocycles. The maximum atomic E-state index is 9.35. The van der Waals surface area contributed by atoms with Crippen LogP contribution in [0.5, 0.6) is 23.0 Å². The average molecular weight is 749 g/mol. The molecule has 7 heteroatoms. The number of phenolic OH excluding ortho intramolecular Hbond substituents is 2. The molecule has 0 radical (unpaired) electrons. The van der Waals surface area contributed by atoms with E-state index in [1.54, 1.807) is 24.3 Å². The molecule has 294 valence electrons. The lowest BCUT2D eigenvalue weighted by Gasteiger charge is -2.29. The lowest BCUT2D eigenvalue weighted by molar-refractivity contribution is -0.0613. The summed E-state index contributed by atoms with van der Waals surface area (Å²) in [7, 11) is 0. The van der Waals surface area contributed by atoms with Gasteiger partial charge in [0.25, 0.3) is 0 Å². The predicted molar refractivity (Wildman–Crippen MR) is 220 cm³/mol. The fourth-order valence-electron chi connectivity index (χ4n) is 7.55. The van der Waals surface area contributed by atoms with Crippen molar-refractivity contribution in [2.75, 3.05) is 13.2 Å². The fraction of sp³-hybridized carbons (Fsp3) is 0.417. The number of aliphatic hydroxyl groups is 1. The molecular weight excluding hydrogens is 689 g/mol. The lowest BCUT2D eigenvalue weighted by Crippen LogP contribution is -2.16. The number of rotatable bonds is 12. The molecule has 2 atom stereocenters. The molecule has 0 aliphatic heterocycles. The Morgan fingerprint density at radius 2 is 0.927 bits per heavy atom. The van der Waals surface area contributed by atoms with E-state index in [0.717, 1.165) is 18.1 Å². The summed E-state index contributed by atoms with van der Waals surface area (Å²) in [6.45, 7) is 12.3. The molecule has 0 saturated heterocycles. The first-order valence-corrected chi connectivity index (χ1v) is 19.8. The largest absolute Gasteiger partial charge is 0.508 e. The number of ether oxygens (including phenoxy) is 4. The standard InChI is InChI=1S/C26H32O4.C18H20O2.C4H8O/c1-4-28-20(3)30-26-15-11-24(12-16-26)22-7-5-21(6-8-22)23-9-13-25(14-10-23)29-19(2)17-18-27;19-17-9-5-15(6-10-17)13-1-2-14(4-3-13)16-7-11-18(20)12-8-16;1-3-5-4-2/h9-16,19-22,27H,4-8H2,1-3H3;5-14,19-20H,1-4H2;3H,1,4H2,2H3. The number of aromatic hydroxyl groups is 2. The summed E-state index contributed by atoms with van der Waals surface area (Å²) in [5, 5.41) is 27.3. The summed E-state index contributed by atoms with van der Waals surface area (Å²) in [5.74, 6) is 7.33. The highest BCUT2D eigenvalue weighted by molar-refractivity contribution is 5.33. The molecule has 2 aliphatic rings. The van der Waals surface area contributed by atoms with Gasteiger partial charge in [-0.25, -0.2) is 0 Å². The van der Waals surface area contributed by atoms with Crippen LogP contribution in [0.1, 0.15) is 125 Å². The number of phenols is 2. The molecule has 55 heavy (non-hydrogen) atoms. The first kappa shape index (κ1) is 42.7. The van der Waals surface area contributed by atoms with Gasteiger partial charge in [-0.2, -0.15) is 0 Å². The maximum Gasteiger partial charge on any atom is 0.196 e. The molecule has 7 nitrogen and oxygen atoms in total. The summed E-state index contributed by atoms with van der Waals surface area (Å²) in [6.07, 6.45) is 12.3. The van der Waals surface area contributed by atoms with Crippen molar-refractivity contribution in [2.45, 2.75) is 115 Å². The van der Waals surface area contributed by atoms with Crippen molar-refractivity contribution in [2.24, 2.45) is 0 Å². The van der Waals surface area contributed by atoms with Crippen molar-refractivity contribution >= 4 is 0 Å². The first-order valence-electron chi connectivity index (χ1n) is 19.8. The Balaban J connectivity index is 0.000000231. The summed E-state index contributed by atoms with van der Waals surface area (Å²) in [4.78, 5) is 0.